The van der Waals surface area contributed by atoms with Crippen molar-refractivity contribution in [1.29, 1.82) is 0 Å². The van der Waals surface area contributed by atoms with Gasteiger partial charge in [0, 0.05) is 6.54 Å². The van der Waals surface area contributed by atoms with Crippen LogP contribution in [0, 0.1) is 0 Å². The summed E-state index contributed by atoms with van der Waals surface area (Å²) in [7, 11) is -2.36. The molecule has 0 fully saturated rings. The Morgan fingerprint density at radius 3 is 2.43 bits per heavy atom. The summed E-state index contributed by atoms with van der Waals surface area (Å²) in [5.74, 6) is -1.09. The zero-order valence-corrected chi connectivity index (χ0v) is 11.9. The van der Waals surface area contributed by atoms with Gasteiger partial charge in [-0.2, -0.15) is 0 Å². The molecule has 8 heteroatoms. The maximum Gasteiger partial charge on any atom is 0.371 e. The molecule has 0 radical (unpaired) electrons. The van der Waals surface area contributed by atoms with Crippen molar-refractivity contribution in [3.05, 3.63) is 47.7 Å². The van der Waals surface area contributed by atoms with E-state index in [1.165, 1.54) is 7.11 Å². The van der Waals surface area contributed by atoms with Gasteiger partial charge in [-0.15, -0.1) is 0 Å². The highest BCUT2D eigenvalue weighted by Crippen LogP contribution is 2.15. The zero-order valence-electron chi connectivity index (χ0n) is 11.1. The summed E-state index contributed by atoms with van der Waals surface area (Å²) < 4.78 is 36.0. The number of carboxylic acids is 1. The van der Waals surface area contributed by atoms with Crippen molar-refractivity contribution < 1.29 is 27.5 Å². The number of aromatic carboxylic acids is 1. The fourth-order valence-corrected chi connectivity index (χ4v) is 2.52. The maximum atomic E-state index is 11.9. The van der Waals surface area contributed by atoms with E-state index in [1.54, 1.807) is 24.3 Å². The molecule has 2 aromatic rings. The minimum atomic E-state index is -3.90. The Labute approximate surface area is 121 Å². The van der Waals surface area contributed by atoms with Gasteiger partial charge in [-0.3, -0.25) is 0 Å². The van der Waals surface area contributed by atoms with Crippen LogP contribution in [0.3, 0.4) is 0 Å². The Bertz CT molecular complexity index is 732. The number of rotatable bonds is 6. The van der Waals surface area contributed by atoms with E-state index in [9.17, 15) is 13.2 Å². The zero-order chi connectivity index (χ0) is 15.5. The first-order chi connectivity index (χ1) is 9.92. The topological polar surface area (TPSA) is 106 Å². The minimum Gasteiger partial charge on any atom is -0.497 e. The predicted octanol–water partition coefficient (Wildman–Crippen LogP) is 1.46. The molecule has 0 bridgehead atoms. The van der Waals surface area contributed by atoms with Gasteiger partial charge in [0.05, 0.1) is 7.11 Å². The Morgan fingerprint density at radius 1 is 1.24 bits per heavy atom. The van der Waals surface area contributed by atoms with Crippen LogP contribution in [0.4, 0.5) is 0 Å². The summed E-state index contributed by atoms with van der Waals surface area (Å²) in [5.41, 5.74) is 0.726. The van der Waals surface area contributed by atoms with E-state index in [-0.39, 0.29) is 6.54 Å². The number of hydrogen-bond acceptors (Lipinski definition) is 5. The van der Waals surface area contributed by atoms with Crippen molar-refractivity contribution in [3.8, 4) is 5.75 Å². The number of carboxylic acid groups (broad SMARTS) is 1. The number of methoxy groups -OCH3 is 1. The molecule has 0 amide bonds. The molecule has 1 aromatic heterocycles. The van der Waals surface area contributed by atoms with Gasteiger partial charge in [0.1, 0.15) is 5.75 Å². The monoisotopic (exact) mass is 311 g/mol. The van der Waals surface area contributed by atoms with Gasteiger partial charge < -0.3 is 14.3 Å². The van der Waals surface area contributed by atoms with Gasteiger partial charge in [0.2, 0.25) is 10.9 Å². The van der Waals surface area contributed by atoms with Gasteiger partial charge in [0.25, 0.3) is 10.0 Å². The Hall–Kier alpha value is -2.32. The molecule has 7 nitrogen and oxygen atoms in total. The first-order valence-electron chi connectivity index (χ1n) is 5.88. The second-order valence-corrected chi connectivity index (χ2v) is 5.79. The molecular formula is C13H13NO6S. The van der Waals surface area contributed by atoms with Crippen LogP contribution in [-0.4, -0.2) is 26.6 Å². The van der Waals surface area contributed by atoms with Crippen LogP contribution in [0.5, 0.6) is 5.75 Å². The van der Waals surface area contributed by atoms with Crippen LogP contribution in [0.2, 0.25) is 0 Å². The van der Waals surface area contributed by atoms with Gasteiger partial charge >= 0.3 is 5.97 Å². The molecule has 1 aromatic carbocycles. The minimum absolute atomic E-state index is 0.0510. The second-order valence-electron chi connectivity index (χ2n) is 4.10. The van der Waals surface area contributed by atoms with E-state index in [4.69, 9.17) is 14.3 Å². The normalized spacial score (nSPS) is 11.3. The summed E-state index contributed by atoms with van der Waals surface area (Å²) in [5, 5.41) is 8.26. The summed E-state index contributed by atoms with van der Waals surface area (Å²) in [6.07, 6.45) is 0. The number of benzene rings is 1. The number of furan rings is 1. The predicted molar refractivity (Wildman–Crippen MR) is 72.7 cm³/mol. The number of hydrogen-bond donors (Lipinski definition) is 2. The molecule has 2 N–H and O–H groups in total. The Balaban J connectivity index is 2.07. The molecule has 1 heterocycles. The molecule has 0 aliphatic carbocycles. The second kappa shape index (κ2) is 5.98. The number of carbonyl (C=O) groups is 1. The maximum absolute atomic E-state index is 11.9. The molecule has 21 heavy (non-hydrogen) atoms. The average molecular weight is 311 g/mol. The van der Waals surface area contributed by atoms with Crippen LogP contribution in [0.25, 0.3) is 0 Å². The quantitative estimate of drug-likeness (QED) is 0.836. The SMILES string of the molecule is COc1ccc(CNS(=O)(=O)c2ccc(C(=O)O)o2)cc1. The molecule has 0 aliphatic heterocycles. The molecule has 0 aliphatic rings. The van der Waals surface area contributed by atoms with E-state index < -0.39 is 26.8 Å². The average Bonchev–Trinajstić information content (AvgIpc) is 2.97. The van der Waals surface area contributed by atoms with Crippen molar-refractivity contribution in [2.24, 2.45) is 0 Å². The molecular weight excluding hydrogens is 298 g/mol. The van der Waals surface area contributed by atoms with Gasteiger partial charge in [-0.25, -0.2) is 17.9 Å². The lowest BCUT2D eigenvalue weighted by molar-refractivity contribution is 0.0656. The molecule has 112 valence electrons. The lowest BCUT2D eigenvalue weighted by Crippen LogP contribution is -2.22. The molecule has 0 saturated heterocycles. The van der Waals surface area contributed by atoms with Crippen LogP contribution in [0.15, 0.2) is 45.9 Å². The van der Waals surface area contributed by atoms with E-state index in [0.717, 1.165) is 17.7 Å². The fraction of sp³-hybridized carbons (Fsp3) is 0.154. The van der Waals surface area contributed by atoms with Crippen molar-refractivity contribution in [1.82, 2.24) is 4.72 Å². The van der Waals surface area contributed by atoms with Crippen LogP contribution < -0.4 is 9.46 Å². The molecule has 0 unspecified atom stereocenters. The highest BCUT2D eigenvalue weighted by molar-refractivity contribution is 7.89. The van der Waals surface area contributed by atoms with E-state index in [2.05, 4.69) is 4.72 Å². The highest BCUT2D eigenvalue weighted by atomic mass is 32.2. The molecule has 0 spiro atoms. The molecule has 0 atom stereocenters. The molecule has 2 rings (SSSR count). The summed E-state index contributed by atoms with van der Waals surface area (Å²) in [6.45, 7) is 0.0510. The Morgan fingerprint density at radius 2 is 1.90 bits per heavy atom. The third-order valence-electron chi connectivity index (χ3n) is 2.68. The van der Waals surface area contributed by atoms with E-state index in [0.29, 0.717) is 5.75 Å². The number of ether oxygens (including phenoxy) is 1. The summed E-state index contributed by atoms with van der Waals surface area (Å²) in [6, 6.07) is 9.03. The summed E-state index contributed by atoms with van der Waals surface area (Å²) >= 11 is 0. The third-order valence-corrected chi connectivity index (χ3v) is 3.96. The van der Waals surface area contributed by atoms with E-state index >= 15 is 0 Å². The first kappa shape index (κ1) is 15.1. The van der Waals surface area contributed by atoms with Crippen molar-refractivity contribution in [2.45, 2.75) is 11.6 Å². The Kier molecular flexibility index (Phi) is 4.29. The van der Waals surface area contributed by atoms with Crippen molar-refractivity contribution >= 4 is 16.0 Å². The van der Waals surface area contributed by atoms with Gasteiger partial charge in [0.15, 0.2) is 0 Å². The summed E-state index contributed by atoms with van der Waals surface area (Å²) in [4.78, 5) is 10.7. The van der Waals surface area contributed by atoms with Gasteiger partial charge in [-0.1, -0.05) is 12.1 Å². The largest absolute Gasteiger partial charge is 0.497 e. The lowest BCUT2D eigenvalue weighted by Gasteiger charge is -2.05. The third kappa shape index (κ3) is 3.61. The van der Waals surface area contributed by atoms with Crippen LogP contribution in [0.1, 0.15) is 16.1 Å². The standard InChI is InChI=1S/C13H13NO6S/c1-19-10-4-2-9(3-5-10)8-14-21(17,18)12-7-6-11(20-12)13(15)16/h2-7,14H,8H2,1H3,(H,15,16). The van der Waals surface area contributed by atoms with Gasteiger partial charge in [-0.05, 0) is 29.8 Å². The van der Waals surface area contributed by atoms with E-state index in [1.807, 2.05) is 0 Å². The number of sulfonamides is 1. The highest BCUT2D eigenvalue weighted by Gasteiger charge is 2.20. The van der Waals surface area contributed by atoms with Crippen LogP contribution in [-0.2, 0) is 16.6 Å². The van der Waals surface area contributed by atoms with Crippen molar-refractivity contribution in [3.63, 3.8) is 0 Å². The fourth-order valence-electron chi connectivity index (χ4n) is 1.57. The van der Waals surface area contributed by atoms with Crippen LogP contribution >= 0.6 is 0 Å². The molecule has 0 saturated carbocycles. The first-order valence-corrected chi connectivity index (χ1v) is 7.36. The van der Waals surface area contributed by atoms with Crippen molar-refractivity contribution in [2.75, 3.05) is 7.11 Å². The smallest absolute Gasteiger partial charge is 0.371 e. The number of nitrogens with one attached hydrogen (secondary N) is 1. The lowest BCUT2D eigenvalue weighted by atomic mass is 10.2.